The molecule has 4 heteroatoms. The molecule has 2 rings (SSSR count). The minimum atomic E-state index is -0.152. The molecule has 1 atom stereocenters. The van der Waals surface area contributed by atoms with Crippen molar-refractivity contribution in [3.63, 3.8) is 0 Å². The Bertz CT molecular complexity index is 526. The van der Waals surface area contributed by atoms with Crippen LogP contribution in [0.2, 0.25) is 0 Å². The number of likely N-dealkylation sites (N-methyl/N-ethyl adjacent to an activating group) is 1. The highest BCUT2D eigenvalue weighted by molar-refractivity contribution is 5.94. The van der Waals surface area contributed by atoms with Crippen molar-refractivity contribution in [2.24, 2.45) is 0 Å². The van der Waals surface area contributed by atoms with E-state index in [4.69, 9.17) is 5.11 Å². The summed E-state index contributed by atoms with van der Waals surface area (Å²) in [6, 6.07) is 7.68. The van der Waals surface area contributed by atoms with Crippen LogP contribution in [-0.4, -0.2) is 60.6 Å². The number of amides is 1. The number of benzene rings is 1. The average molecular weight is 272 g/mol. The van der Waals surface area contributed by atoms with E-state index >= 15 is 0 Å². The van der Waals surface area contributed by atoms with Gasteiger partial charge in [-0.05, 0) is 44.8 Å². The molecular weight excluding hydrogens is 252 g/mol. The minimum Gasteiger partial charge on any atom is -0.384 e. The van der Waals surface area contributed by atoms with Gasteiger partial charge in [-0.15, -0.1) is 0 Å². The molecule has 1 amide bonds. The Labute approximate surface area is 120 Å². The van der Waals surface area contributed by atoms with Gasteiger partial charge < -0.3 is 14.9 Å². The fraction of sp³-hybridized carbons (Fsp3) is 0.438. The Kier molecular flexibility index (Phi) is 4.78. The highest BCUT2D eigenvalue weighted by atomic mass is 16.2. The van der Waals surface area contributed by atoms with E-state index in [1.165, 1.54) is 0 Å². The van der Waals surface area contributed by atoms with E-state index < -0.39 is 0 Å². The van der Waals surface area contributed by atoms with E-state index in [1.807, 2.05) is 31.1 Å². The summed E-state index contributed by atoms with van der Waals surface area (Å²) in [5, 5.41) is 8.65. The third kappa shape index (κ3) is 3.38. The highest BCUT2D eigenvalue weighted by Crippen LogP contribution is 2.16. The van der Waals surface area contributed by atoms with Gasteiger partial charge in [0.25, 0.3) is 5.91 Å². The molecule has 1 aromatic carbocycles. The number of aliphatic hydroxyl groups is 1. The normalized spacial score (nSPS) is 18.0. The van der Waals surface area contributed by atoms with Gasteiger partial charge in [0.1, 0.15) is 6.61 Å². The van der Waals surface area contributed by atoms with Crippen molar-refractivity contribution < 1.29 is 9.90 Å². The maximum absolute atomic E-state index is 12.4. The number of hydrogen-bond acceptors (Lipinski definition) is 3. The molecule has 0 aliphatic carbocycles. The lowest BCUT2D eigenvalue weighted by Crippen LogP contribution is -2.34. The van der Waals surface area contributed by atoms with Crippen LogP contribution in [0.1, 0.15) is 22.3 Å². The second-order valence-corrected chi connectivity index (χ2v) is 5.19. The Morgan fingerprint density at radius 3 is 2.65 bits per heavy atom. The Hall–Kier alpha value is -1.83. The van der Waals surface area contributed by atoms with Crippen LogP contribution in [0.25, 0.3) is 0 Å². The predicted octanol–water partition coefficient (Wildman–Crippen LogP) is 0.806. The number of rotatable bonds is 2. The summed E-state index contributed by atoms with van der Waals surface area (Å²) in [6.45, 7) is 1.45. The average Bonchev–Trinajstić information content (AvgIpc) is 2.95. The van der Waals surface area contributed by atoms with Gasteiger partial charge in [-0.25, -0.2) is 0 Å². The largest absolute Gasteiger partial charge is 0.384 e. The third-order valence-electron chi connectivity index (χ3n) is 3.62. The number of likely N-dealkylation sites (tertiary alicyclic amines) is 1. The Morgan fingerprint density at radius 2 is 2.10 bits per heavy atom. The molecule has 0 saturated carbocycles. The zero-order chi connectivity index (χ0) is 14.5. The third-order valence-corrected chi connectivity index (χ3v) is 3.62. The number of nitrogens with zero attached hydrogens (tertiary/aromatic N) is 2. The molecule has 106 valence electrons. The predicted molar refractivity (Wildman–Crippen MR) is 78.4 cm³/mol. The summed E-state index contributed by atoms with van der Waals surface area (Å²) in [5.41, 5.74) is 1.50. The van der Waals surface area contributed by atoms with Gasteiger partial charge in [0.2, 0.25) is 0 Å². The van der Waals surface area contributed by atoms with Crippen LogP contribution in [0.3, 0.4) is 0 Å². The van der Waals surface area contributed by atoms with Crippen molar-refractivity contribution in [2.45, 2.75) is 12.5 Å². The van der Waals surface area contributed by atoms with Crippen LogP contribution < -0.4 is 0 Å². The molecule has 0 spiro atoms. The second kappa shape index (κ2) is 6.56. The van der Waals surface area contributed by atoms with Gasteiger partial charge in [0.15, 0.2) is 0 Å². The van der Waals surface area contributed by atoms with Crippen LogP contribution in [0, 0.1) is 11.8 Å². The van der Waals surface area contributed by atoms with Crippen molar-refractivity contribution in [2.75, 3.05) is 33.8 Å². The fourth-order valence-electron chi connectivity index (χ4n) is 2.37. The first-order valence-corrected chi connectivity index (χ1v) is 6.77. The van der Waals surface area contributed by atoms with Crippen LogP contribution in [-0.2, 0) is 0 Å². The van der Waals surface area contributed by atoms with Crippen molar-refractivity contribution in [1.82, 2.24) is 9.80 Å². The van der Waals surface area contributed by atoms with Crippen LogP contribution >= 0.6 is 0 Å². The minimum absolute atomic E-state index is 0.0796. The molecule has 1 aliphatic rings. The molecule has 1 saturated heterocycles. The SMILES string of the molecule is CN(C)C1CCN(C(=O)c2ccc(C#CCO)cc2)C1. The Morgan fingerprint density at radius 1 is 1.40 bits per heavy atom. The van der Waals surface area contributed by atoms with Crippen LogP contribution in [0.15, 0.2) is 24.3 Å². The number of carbonyl (C=O) groups is 1. The molecule has 1 aromatic rings. The zero-order valence-corrected chi connectivity index (χ0v) is 12.0. The molecule has 1 unspecified atom stereocenters. The van der Waals surface area contributed by atoms with Crippen molar-refractivity contribution in [1.29, 1.82) is 0 Å². The maximum Gasteiger partial charge on any atom is 0.253 e. The maximum atomic E-state index is 12.4. The summed E-state index contributed by atoms with van der Waals surface area (Å²) < 4.78 is 0. The van der Waals surface area contributed by atoms with E-state index in [1.54, 1.807) is 12.1 Å². The molecule has 4 nitrogen and oxygen atoms in total. The van der Waals surface area contributed by atoms with Crippen molar-refractivity contribution in [3.05, 3.63) is 35.4 Å². The summed E-state index contributed by atoms with van der Waals surface area (Å²) in [7, 11) is 4.10. The standard InChI is InChI=1S/C16H20N2O2/c1-17(2)15-9-10-18(12-15)16(20)14-7-5-13(6-8-14)4-3-11-19/h5-8,15,19H,9-12H2,1-2H3. The topological polar surface area (TPSA) is 43.8 Å². The molecule has 1 fully saturated rings. The van der Waals surface area contributed by atoms with Crippen LogP contribution in [0.4, 0.5) is 0 Å². The molecule has 20 heavy (non-hydrogen) atoms. The van der Waals surface area contributed by atoms with E-state index in [0.29, 0.717) is 11.6 Å². The molecule has 1 aliphatic heterocycles. The quantitative estimate of drug-likeness (QED) is 0.810. The lowest BCUT2D eigenvalue weighted by Gasteiger charge is -2.20. The first-order chi connectivity index (χ1) is 9.61. The highest BCUT2D eigenvalue weighted by Gasteiger charge is 2.27. The zero-order valence-electron chi connectivity index (χ0n) is 12.0. The molecule has 0 aromatic heterocycles. The molecular formula is C16H20N2O2. The summed E-state index contributed by atoms with van der Waals surface area (Å²) in [4.78, 5) is 16.4. The van der Waals surface area contributed by atoms with Gasteiger partial charge in [0.05, 0.1) is 0 Å². The molecule has 1 heterocycles. The lowest BCUT2D eigenvalue weighted by molar-refractivity contribution is 0.0783. The van der Waals surface area contributed by atoms with Gasteiger partial charge in [0, 0.05) is 30.3 Å². The van der Waals surface area contributed by atoms with Crippen molar-refractivity contribution in [3.8, 4) is 11.8 Å². The van der Waals surface area contributed by atoms with Crippen molar-refractivity contribution >= 4 is 5.91 Å². The number of carbonyl (C=O) groups excluding carboxylic acids is 1. The van der Waals surface area contributed by atoms with E-state index in [-0.39, 0.29) is 12.5 Å². The van der Waals surface area contributed by atoms with Gasteiger partial charge in [-0.2, -0.15) is 0 Å². The van der Waals surface area contributed by atoms with Gasteiger partial charge in [-0.3, -0.25) is 4.79 Å². The molecule has 0 bridgehead atoms. The van der Waals surface area contributed by atoms with Gasteiger partial charge in [-0.1, -0.05) is 11.8 Å². The summed E-state index contributed by atoms with van der Waals surface area (Å²) >= 11 is 0. The number of aliphatic hydroxyl groups excluding tert-OH is 1. The first-order valence-electron chi connectivity index (χ1n) is 6.77. The van der Waals surface area contributed by atoms with E-state index in [9.17, 15) is 4.79 Å². The summed E-state index contributed by atoms with van der Waals surface area (Å²) in [5.74, 6) is 5.49. The Balaban J connectivity index is 2.03. The smallest absolute Gasteiger partial charge is 0.253 e. The van der Waals surface area contributed by atoms with E-state index in [0.717, 1.165) is 25.1 Å². The molecule has 1 N–H and O–H groups in total. The fourth-order valence-corrected chi connectivity index (χ4v) is 2.37. The lowest BCUT2D eigenvalue weighted by atomic mass is 10.1. The van der Waals surface area contributed by atoms with Crippen LogP contribution in [0.5, 0.6) is 0 Å². The second-order valence-electron chi connectivity index (χ2n) is 5.19. The summed E-state index contributed by atoms with van der Waals surface area (Å²) in [6.07, 6.45) is 1.03. The van der Waals surface area contributed by atoms with E-state index in [2.05, 4.69) is 16.7 Å². The van der Waals surface area contributed by atoms with Gasteiger partial charge >= 0.3 is 0 Å². The molecule has 0 radical (unpaired) electrons. The monoisotopic (exact) mass is 272 g/mol. The number of hydrogen-bond donors (Lipinski definition) is 1. The first kappa shape index (κ1) is 14.6.